The average Bonchev–Trinajstić information content (AvgIpc) is 3.46. The topological polar surface area (TPSA) is 149 Å². The molecule has 0 radical (unpaired) electrons. The SMILES string of the molecule is CC[C@H](NC(=O)C(CC(=O)N1CCOCC1)[C@@H](c1ccccc1)S(C)(=O)=O)C(=O)c1nc(-c2ccccc2)no1. The van der Waals surface area contributed by atoms with Crippen molar-refractivity contribution in [2.45, 2.75) is 31.1 Å². The monoisotopic (exact) mass is 568 g/mol. The van der Waals surface area contributed by atoms with E-state index >= 15 is 0 Å². The minimum atomic E-state index is -3.86. The molecule has 2 heterocycles. The number of rotatable bonds is 11. The molecule has 1 N–H and O–H groups in total. The second-order valence-electron chi connectivity index (χ2n) is 9.59. The van der Waals surface area contributed by atoms with Gasteiger partial charge in [-0.15, -0.1) is 0 Å². The second-order valence-corrected chi connectivity index (χ2v) is 11.8. The molecule has 0 spiro atoms. The number of carbonyl (C=O) groups excluding carboxylic acids is 3. The van der Waals surface area contributed by atoms with Gasteiger partial charge in [-0.3, -0.25) is 14.4 Å². The summed E-state index contributed by atoms with van der Waals surface area (Å²) in [4.78, 5) is 46.0. The molecule has 3 atom stereocenters. The van der Waals surface area contributed by atoms with E-state index in [1.54, 1.807) is 66.4 Å². The van der Waals surface area contributed by atoms with Crippen molar-refractivity contribution < 1.29 is 32.1 Å². The third-order valence-corrected chi connectivity index (χ3v) is 8.28. The fourth-order valence-corrected chi connectivity index (χ4v) is 6.16. The maximum absolute atomic E-state index is 13.8. The van der Waals surface area contributed by atoms with Gasteiger partial charge < -0.3 is 19.5 Å². The molecule has 2 aromatic carbocycles. The fraction of sp³-hybridized carbons (Fsp3) is 0.393. The zero-order chi connectivity index (χ0) is 28.7. The third-order valence-electron chi connectivity index (χ3n) is 6.76. The molecule has 11 nitrogen and oxygen atoms in total. The van der Waals surface area contributed by atoms with Crippen LogP contribution in [0.1, 0.15) is 41.3 Å². The van der Waals surface area contributed by atoms with Gasteiger partial charge in [0.25, 0.3) is 5.89 Å². The molecule has 0 saturated carbocycles. The molecular formula is C28H32N4O7S. The largest absolute Gasteiger partial charge is 0.378 e. The second kappa shape index (κ2) is 13.0. The lowest BCUT2D eigenvalue weighted by Gasteiger charge is -2.31. The molecule has 1 aliphatic heterocycles. The van der Waals surface area contributed by atoms with E-state index in [0.717, 1.165) is 6.26 Å². The third kappa shape index (κ3) is 6.99. The van der Waals surface area contributed by atoms with Gasteiger partial charge in [0, 0.05) is 31.3 Å². The van der Waals surface area contributed by atoms with Gasteiger partial charge in [0.15, 0.2) is 9.84 Å². The Morgan fingerprint density at radius 3 is 2.23 bits per heavy atom. The van der Waals surface area contributed by atoms with Crippen LogP contribution in [0.15, 0.2) is 65.2 Å². The predicted octanol–water partition coefficient (Wildman–Crippen LogP) is 2.47. The molecule has 4 rings (SSSR count). The van der Waals surface area contributed by atoms with Crippen LogP contribution in [0.5, 0.6) is 0 Å². The number of carbonyl (C=O) groups is 3. The minimum Gasteiger partial charge on any atom is -0.378 e. The van der Waals surface area contributed by atoms with E-state index in [4.69, 9.17) is 9.26 Å². The van der Waals surface area contributed by atoms with Crippen LogP contribution in [0.25, 0.3) is 11.4 Å². The maximum Gasteiger partial charge on any atom is 0.296 e. The van der Waals surface area contributed by atoms with E-state index in [0.29, 0.717) is 37.4 Å². The Morgan fingerprint density at radius 2 is 1.62 bits per heavy atom. The van der Waals surface area contributed by atoms with Crippen molar-refractivity contribution in [3.8, 4) is 11.4 Å². The molecule has 1 aromatic heterocycles. The van der Waals surface area contributed by atoms with E-state index in [2.05, 4.69) is 15.5 Å². The lowest BCUT2D eigenvalue weighted by molar-refractivity contribution is -0.139. The highest BCUT2D eigenvalue weighted by Crippen LogP contribution is 2.33. The molecule has 40 heavy (non-hydrogen) atoms. The number of benzene rings is 2. The summed E-state index contributed by atoms with van der Waals surface area (Å²) in [7, 11) is -3.86. The van der Waals surface area contributed by atoms with Crippen molar-refractivity contribution in [3.63, 3.8) is 0 Å². The standard InChI is InChI=1S/C28H32N4O7S/c1-3-22(24(34)28-30-26(31-39-28)20-12-8-5-9-13-20)29-27(35)21(18-23(33)32-14-16-38-17-15-32)25(40(2,36)37)19-10-6-4-7-11-19/h4-13,21-22,25H,3,14-18H2,1-2H3,(H,29,35)/t21?,22-,25+/m0/s1. The van der Waals surface area contributed by atoms with Crippen LogP contribution in [0, 0.1) is 5.92 Å². The number of nitrogens with one attached hydrogen (secondary N) is 1. The lowest BCUT2D eigenvalue weighted by Crippen LogP contribution is -2.48. The van der Waals surface area contributed by atoms with E-state index in [-0.39, 0.29) is 30.5 Å². The Balaban J connectivity index is 1.61. The summed E-state index contributed by atoms with van der Waals surface area (Å²) in [5.41, 5.74) is 1.03. The van der Waals surface area contributed by atoms with E-state index < -0.39 is 38.7 Å². The van der Waals surface area contributed by atoms with Gasteiger partial charge in [-0.05, 0) is 12.0 Å². The minimum absolute atomic E-state index is 0.173. The molecule has 1 fully saturated rings. The van der Waals surface area contributed by atoms with Crippen molar-refractivity contribution in [3.05, 3.63) is 72.1 Å². The van der Waals surface area contributed by atoms with Gasteiger partial charge in [-0.2, -0.15) is 4.98 Å². The van der Waals surface area contributed by atoms with E-state index in [9.17, 15) is 22.8 Å². The molecule has 1 saturated heterocycles. The number of nitrogens with zero attached hydrogens (tertiary/aromatic N) is 3. The summed E-state index contributed by atoms with van der Waals surface area (Å²) in [6.07, 6.45) is 0.852. The number of hydrogen-bond donors (Lipinski definition) is 1. The number of Topliss-reactive ketones (excluding diaryl/α,β-unsaturated/α-hetero) is 1. The lowest BCUT2D eigenvalue weighted by atomic mass is 9.93. The van der Waals surface area contributed by atoms with E-state index in [1.807, 2.05) is 6.07 Å². The Morgan fingerprint density at radius 1 is 1.00 bits per heavy atom. The van der Waals surface area contributed by atoms with Crippen LogP contribution in [0.2, 0.25) is 0 Å². The van der Waals surface area contributed by atoms with Gasteiger partial charge >= 0.3 is 0 Å². The van der Waals surface area contributed by atoms with Gasteiger partial charge in [-0.25, -0.2) is 8.42 Å². The first kappa shape index (κ1) is 29.1. The quantitative estimate of drug-likeness (QED) is 0.344. The van der Waals surface area contributed by atoms with Gasteiger partial charge in [0.1, 0.15) is 0 Å². The zero-order valence-corrected chi connectivity index (χ0v) is 23.2. The first-order valence-electron chi connectivity index (χ1n) is 13.0. The normalized spacial score (nSPS) is 16.1. The summed E-state index contributed by atoms with van der Waals surface area (Å²) in [6.45, 7) is 3.10. The Kier molecular flexibility index (Phi) is 9.43. The highest BCUT2D eigenvalue weighted by molar-refractivity contribution is 7.91. The fourth-order valence-electron chi connectivity index (χ4n) is 4.70. The Bertz CT molecular complexity index is 1420. The zero-order valence-electron chi connectivity index (χ0n) is 22.4. The molecule has 1 aliphatic rings. The number of ketones is 1. The number of morpholine rings is 1. The smallest absolute Gasteiger partial charge is 0.296 e. The molecule has 3 aromatic rings. The predicted molar refractivity (Wildman–Crippen MR) is 146 cm³/mol. The van der Waals surface area contributed by atoms with Crippen molar-refractivity contribution in [2.24, 2.45) is 5.92 Å². The Labute approximate surface area is 232 Å². The Hall–Kier alpha value is -3.90. The molecule has 12 heteroatoms. The van der Waals surface area contributed by atoms with Gasteiger partial charge in [0.05, 0.1) is 30.4 Å². The molecule has 0 bridgehead atoms. The summed E-state index contributed by atoms with van der Waals surface area (Å²) >= 11 is 0. The molecule has 212 valence electrons. The van der Waals surface area contributed by atoms with Crippen molar-refractivity contribution in [1.29, 1.82) is 0 Å². The molecule has 2 amide bonds. The van der Waals surface area contributed by atoms with E-state index in [1.165, 1.54) is 0 Å². The van der Waals surface area contributed by atoms with Crippen molar-refractivity contribution >= 4 is 27.4 Å². The molecule has 0 aliphatic carbocycles. The van der Waals surface area contributed by atoms with Crippen molar-refractivity contribution in [1.82, 2.24) is 20.4 Å². The number of aromatic nitrogens is 2. The number of hydrogen-bond acceptors (Lipinski definition) is 9. The summed E-state index contributed by atoms with van der Waals surface area (Å²) in [5.74, 6) is -3.06. The first-order chi connectivity index (χ1) is 19.2. The van der Waals surface area contributed by atoms with Crippen LogP contribution >= 0.6 is 0 Å². The maximum atomic E-state index is 13.8. The van der Waals surface area contributed by atoms with Gasteiger partial charge in [-0.1, -0.05) is 72.7 Å². The summed E-state index contributed by atoms with van der Waals surface area (Å²) < 4.78 is 36.6. The highest BCUT2D eigenvalue weighted by Gasteiger charge is 2.40. The van der Waals surface area contributed by atoms with Crippen molar-refractivity contribution in [2.75, 3.05) is 32.6 Å². The van der Waals surface area contributed by atoms with Crippen LogP contribution in [0.3, 0.4) is 0 Å². The molecular weight excluding hydrogens is 536 g/mol. The van der Waals surface area contributed by atoms with Crippen LogP contribution in [-0.4, -0.2) is 79.7 Å². The van der Waals surface area contributed by atoms with Crippen LogP contribution in [-0.2, 0) is 24.2 Å². The number of amides is 2. The van der Waals surface area contributed by atoms with Crippen LogP contribution in [0.4, 0.5) is 0 Å². The first-order valence-corrected chi connectivity index (χ1v) is 15.0. The average molecular weight is 569 g/mol. The number of ether oxygens (including phenoxy) is 1. The highest BCUT2D eigenvalue weighted by atomic mass is 32.2. The molecule has 1 unspecified atom stereocenters. The van der Waals surface area contributed by atoms with Crippen LogP contribution < -0.4 is 5.32 Å². The van der Waals surface area contributed by atoms with Gasteiger partial charge in [0.2, 0.25) is 23.4 Å². The number of sulfone groups is 1. The summed E-state index contributed by atoms with van der Waals surface area (Å²) in [5, 5.41) is 5.23. The summed E-state index contributed by atoms with van der Waals surface area (Å²) in [6, 6.07) is 16.2.